The number of hydrogen-bond donors (Lipinski definition) is 0. The van der Waals surface area contributed by atoms with Crippen molar-refractivity contribution >= 4 is 21.6 Å². The Balaban J connectivity index is 1.59. The van der Waals surface area contributed by atoms with E-state index in [4.69, 9.17) is 0 Å². The second-order valence-corrected chi connectivity index (χ2v) is 9.22. The van der Waals surface area contributed by atoms with Crippen LogP contribution in [0.15, 0.2) is 41.4 Å². The molecule has 1 saturated heterocycles. The lowest BCUT2D eigenvalue weighted by Gasteiger charge is -2.32. The van der Waals surface area contributed by atoms with Crippen LogP contribution in [0.1, 0.15) is 25.5 Å². The maximum absolute atomic E-state index is 12.8. The van der Waals surface area contributed by atoms with Gasteiger partial charge in [-0.15, -0.1) is 0 Å². The maximum Gasteiger partial charge on any atom is 0.269 e. The van der Waals surface area contributed by atoms with Gasteiger partial charge in [0.15, 0.2) is 0 Å². The van der Waals surface area contributed by atoms with E-state index in [0.29, 0.717) is 19.4 Å². The number of piperidine rings is 1. The second kappa shape index (κ2) is 8.92. The van der Waals surface area contributed by atoms with E-state index in [1.54, 1.807) is 16.6 Å². The zero-order valence-electron chi connectivity index (χ0n) is 17.0. The van der Waals surface area contributed by atoms with Crippen LogP contribution >= 0.6 is 0 Å². The van der Waals surface area contributed by atoms with Crippen LogP contribution < -0.4 is 0 Å². The summed E-state index contributed by atoms with van der Waals surface area (Å²) in [4.78, 5) is 24.6. The number of nitrogens with zero attached hydrogens (tertiary/aromatic N) is 5. The first kappa shape index (κ1) is 21.9. The van der Waals surface area contributed by atoms with Crippen molar-refractivity contribution in [3.63, 3.8) is 0 Å². The number of amides is 1. The number of aromatic nitrogens is 2. The summed E-state index contributed by atoms with van der Waals surface area (Å²) in [5.74, 6) is -0.264. The molecule has 3 rings (SSSR count). The molecule has 0 spiro atoms. The van der Waals surface area contributed by atoms with Gasteiger partial charge in [0, 0.05) is 50.9 Å². The fraction of sp³-hybridized carbons (Fsp3) is 0.474. The van der Waals surface area contributed by atoms with Crippen molar-refractivity contribution in [3.8, 4) is 0 Å². The van der Waals surface area contributed by atoms with E-state index >= 15 is 0 Å². The number of benzene rings is 1. The van der Waals surface area contributed by atoms with Crippen molar-refractivity contribution in [2.75, 3.05) is 20.1 Å². The van der Waals surface area contributed by atoms with Gasteiger partial charge in [0.25, 0.3) is 5.69 Å². The molecule has 0 aliphatic carbocycles. The highest BCUT2D eigenvalue weighted by Crippen LogP contribution is 2.26. The van der Waals surface area contributed by atoms with E-state index in [0.717, 1.165) is 12.2 Å². The molecule has 10 nitrogen and oxygen atoms in total. The number of rotatable bonds is 7. The molecule has 1 amide bonds. The topological polar surface area (TPSA) is 119 Å². The number of carbonyl (C=O) groups is 1. The van der Waals surface area contributed by atoms with E-state index in [1.165, 1.54) is 28.6 Å². The highest BCUT2D eigenvalue weighted by atomic mass is 32.2. The predicted molar refractivity (Wildman–Crippen MR) is 109 cm³/mol. The van der Waals surface area contributed by atoms with E-state index < -0.39 is 14.9 Å². The van der Waals surface area contributed by atoms with Gasteiger partial charge in [-0.3, -0.25) is 19.6 Å². The van der Waals surface area contributed by atoms with Crippen LogP contribution in [0.5, 0.6) is 0 Å². The standard InChI is InChI=1S/C19H25N5O5S/c1-3-22-11-10-16(20-22)14-21(2)19(25)15-8-12-23(13-9-15)30(28,29)18-6-4-17(5-7-18)24(26)27/h4-7,10-11,15H,3,8-9,12-14H2,1-2H3. The molecular formula is C19H25N5O5S. The molecule has 0 bridgehead atoms. The van der Waals surface area contributed by atoms with Crippen molar-refractivity contribution < 1.29 is 18.1 Å². The van der Waals surface area contributed by atoms with Gasteiger partial charge < -0.3 is 4.90 Å². The summed E-state index contributed by atoms with van der Waals surface area (Å²) in [6, 6.07) is 6.73. The van der Waals surface area contributed by atoms with Crippen LogP contribution in [0.3, 0.4) is 0 Å². The Bertz CT molecular complexity index is 1010. The molecule has 1 aliphatic heterocycles. The Kier molecular flexibility index (Phi) is 6.52. The minimum atomic E-state index is -3.75. The minimum Gasteiger partial charge on any atom is -0.340 e. The molecule has 30 heavy (non-hydrogen) atoms. The number of sulfonamides is 1. The third-order valence-corrected chi connectivity index (χ3v) is 7.20. The van der Waals surface area contributed by atoms with Crippen LogP contribution in [-0.4, -0.2) is 58.4 Å². The van der Waals surface area contributed by atoms with Crippen LogP contribution in [0.25, 0.3) is 0 Å². The normalized spacial score (nSPS) is 15.8. The van der Waals surface area contributed by atoms with E-state index in [1.807, 2.05) is 19.2 Å². The molecule has 2 heterocycles. The third-order valence-electron chi connectivity index (χ3n) is 5.28. The molecule has 1 aromatic carbocycles. The quantitative estimate of drug-likeness (QED) is 0.484. The summed E-state index contributed by atoms with van der Waals surface area (Å²) < 4.78 is 28.7. The Labute approximate surface area is 175 Å². The largest absolute Gasteiger partial charge is 0.340 e. The summed E-state index contributed by atoms with van der Waals surface area (Å²) in [6.07, 6.45) is 2.73. The molecule has 1 fully saturated rings. The Morgan fingerprint density at radius 1 is 1.23 bits per heavy atom. The molecular weight excluding hydrogens is 410 g/mol. The summed E-state index contributed by atoms with van der Waals surface area (Å²) in [5.41, 5.74) is 0.649. The first-order chi connectivity index (χ1) is 14.2. The molecule has 0 saturated carbocycles. The maximum atomic E-state index is 12.8. The van der Waals surface area contributed by atoms with Crippen LogP contribution in [0, 0.1) is 16.0 Å². The molecule has 0 unspecified atom stereocenters. The number of carbonyl (C=O) groups excluding carboxylic acids is 1. The number of aryl methyl sites for hydroxylation is 1. The average Bonchev–Trinajstić information content (AvgIpc) is 3.20. The first-order valence-electron chi connectivity index (χ1n) is 9.74. The van der Waals surface area contributed by atoms with Crippen LogP contribution in [0.2, 0.25) is 0 Å². The summed E-state index contributed by atoms with van der Waals surface area (Å²) in [6.45, 7) is 3.62. The van der Waals surface area contributed by atoms with E-state index in [2.05, 4.69) is 5.10 Å². The van der Waals surface area contributed by atoms with Crippen LogP contribution in [-0.2, 0) is 27.9 Å². The third kappa shape index (κ3) is 4.68. The predicted octanol–water partition coefficient (Wildman–Crippen LogP) is 1.87. The zero-order chi connectivity index (χ0) is 21.9. The van der Waals surface area contributed by atoms with Gasteiger partial charge in [-0.05, 0) is 38.0 Å². The monoisotopic (exact) mass is 435 g/mol. The second-order valence-electron chi connectivity index (χ2n) is 7.29. The molecule has 0 atom stereocenters. The van der Waals surface area contributed by atoms with Gasteiger partial charge in [-0.1, -0.05) is 0 Å². The molecule has 1 aromatic heterocycles. The molecule has 0 N–H and O–H groups in total. The van der Waals surface area contributed by atoms with Gasteiger partial charge in [0.2, 0.25) is 15.9 Å². The Hall–Kier alpha value is -2.79. The van der Waals surface area contributed by atoms with Crippen molar-refractivity contribution in [1.82, 2.24) is 19.0 Å². The average molecular weight is 436 g/mol. The van der Waals surface area contributed by atoms with Crippen LogP contribution in [0.4, 0.5) is 5.69 Å². The van der Waals surface area contributed by atoms with Gasteiger partial charge >= 0.3 is 0 Å². The molecule has 162 valence electrons. The molecule has 0 radical (unpaired) electrons. The smallest absolute Gasteiger partial charge is 0.269 e. The first-order valence-corrected chi connectivity index (χ1v) is 11.2. The lowest BCUT2D eigenvalue weighted by molar-refractivity contribution is -0.384. The van der Waals surface area contributed by atoms with Crippen molar-refractivity contribution in [3.05, 3.63) is 52.3 Å². The molecule has 2 aromatic rings. The van der Waals surface area contributed by atoms with Gasteiger partial charge in [-0.25, -0.2) is 8.42 Å². The minimum absolute atomic E-state index is 0.0153. The van der Waals surface area contributed by atoms with Gasteiger partial charge in [-0.2, -0.15) is 9.40 Å². The molecule has 11 heteroatoms. The van der Waals surface area contributed by atoms with Gasteiger partial charge in [0.05, 0.1) is 22.1 Å². The van der Waals surface area contributed by atoms with E-state index in [-0.39, 0.29) is 35.5 Å². The number of nitro benzene ring substituents is 1. The van der Waals surface area contributed by atoms with E-state index in [9.17, 15) is 23.3 Å². The highest BCUT2D eigenvalue weighted by Gasteiger charge is 2.33. The summed E-state index contributed by atoms with van der Waals surface area (Å²) >= 11 is 0. The summed E-state index contributed by atoms with van der Waals surface area (Å²) in [5, 5.41) is 15.1. The lowest BCUT2D eigenvalue weighted by atomic mass is 9.96. The SMILES string of the molecule is CCn1ccc(CN(C)C(=O)C2CCN(S(=O)(=O)c3ccc([N+](=O)[O-])cc3)CC2)n1. The number of nitro groups is 1. The Morgan fingerprint density at radius 2 is 1.87 bits per heavy atom. The number of non-ortho nitro benzene ring substituents is 1. The van der Waals surface area contributed by atoms with Crippen molar-refractivity contribution in [1.29, 1.82) is 0 Å². The van der Waals surface area contributed by atoms with Crippen molar-refractivity contribution in [2.24, 2.45) is 5.92 Å². The Morgan fingerprint density at radius 3 is 2.40 bits per heavy atom. The lowest BCUT2D eigenvalue weighted by Crippen LogP contribution is -2.43. The van der Waals surface area contributed by atoms with Crippen molar-refractivity contribution in [2.45, 2.75) is 37.8 Å². The fourth-order valence-corrected chi connectivity index (χ4v) is 5.00. The summed E-state index contributed by atoms with van der Waals surface area (Å²) in [7, 11) is -2.02. The van der Waals surface area contributed by atoms with Gasteiger partial charge in [0.1, 0.15) is 0 Å². The highest BCUT2D eigenvalue weighted by molar-refractivity contribution is 7.89. The molecule has 1 aliphatic rings. The fourth-order valence-electron chi connectivity index (χ4n) is 3.53. The number of hydrogen-bond acceptors (Lipinski definition) is 6. The zero-order valence-corrected chi connectivity index (χ0v) is 17.8.